The number of hydrogen-bond acceptors (Lipinski definition) is 4. The van der Waals surface area contributed by atoms with Gasteiger partial charge in [-0.15, -0.1) is 13.2 Å². The first-order chi connectivity index (χ1) is 20.1. The molecule has 1 aliphatic carbocycles. The van der Waals surface area contributed by atoms with Crippen LogP contribution in [0.5, 0.6) is 0 Å². The molecule has 0 amide bonds. The molecule has 0 radical (unpaired) electrons. The molecule has 206 valence electrons. The number of benzene rings is 3. The summed E-state index contributed by atoms with van der Waals surface area (Å²) >= 11 is 0. The Bertz CT molecular complexity index is 1810. The van der Waals surface area contributed by atoms with Crippen LogP contribution < -0.4 is 10.6 Å². The third-order valence-electron chi connectivity index (χ3n) is 7.44. The molecule has 0 unspecified atom stereocenters. The van der Waals surface area contributed by atoms with Crippen molar-refractivity contribution in [3.8, 4) is 11.1 Å². The fourth-order valence-electron chi connectivity index (χ4n) is 5.42. The Morgan fingerprint density at radius 2 is 1.49 bits per heavy atom. The summed E-state index contributed by atoms with van der Waals surface area (Å²) in [5.41, 5.74) is 11.1. The molecule has 2 N–H and O–H groups in total. The van der Waals surface area contributed by atoms with E-state index in [1.54, 1.807) is 6.08 Å². The van der Waals surface area contributed by atoms with Crippen LogP contribution in [0.2, 0.25) is 0 Å². The maximum atomic E-state index is 5.95. The standard InChI is InChI=1S/C35H32N2O2.C2H4/c1-5-7-29-22(3)38-33-18-12-25(20-30(29)33)23-8-14-27(15-9-23)37-28-16-10-24(11-17-28)26-13-19-34-31(21-26)35(36-4)32(6-2)39-34;1-2/h5-8,10-14,16-21,36-37H,2,9,15H2,1,3-4H3;1-2H2/b7-5-;. The van der Waals surface area contributed by atoms with Crippen molar-refractivity contribution < 1.29 is 8.83 Å². The van der Waals surface area contributed by atoms with Crippen molar-refractivity contribution in [3.05, 3.63) is 127 Å². The van der Waals surface area contributed by atoms with Crippen LogP contribution in [0.25, 0.3) is 50.8 Å². The van der Waals surface area contributed by atoms with Crippen LogP contribution in [0, 0.1) is 6.92 Å². The van der Waals surface area contributed by atoms with Gasteiger partial charge in [-0.2, -0.15) is 0 Å². The van der Waals surface area contributed by atoms with Gasteiger partial charge < -0.3 is 19.5 Å². The molecule has 0 aliphatic heterocycles. The molecule has 3 aromatic carbocycles. The molecule has 2 aromatic heterocycles. The Balaban J connectivity index is 0.00000165. The first-order valence-corrected chi connectivity index (χ1v) is 13.9. The van der Waals surface area contributed by atoms with Crippen LogP contribution in [-0.2, 0) is 0 Å². The Morgan fingerprint density at radius 3 is 2.15 bits per heavy atom. The van der Waals surface area contributed by atoms with E-state index in [0.717, 1.165) is 63.4 Å². The second-order valence-corrected chi connectivity index (χ2v) is 9.88. The molecule has 0 saturated heterocycles. The Hall–Kier alpha value is -4.96. The number of fused-ring (bicyclic) bond motifs is 2. The van der Waals surface area contributed by atoms with Crippen LogP contribution in [0.1, 0.15) is 42.4 Å². The fraction of sp³-hybridized carbons (Fsp3) is 0.135. The predicted octanol–water partition coefficient (Wildman–Crippen LogP) is 10.8. The molecule has 2 heterocycles. The third kappa shape index (κ3) is 5.42. The number of nitrogens with one attached hydrogen (secondary N) is 2. The summed E-state index contributed by atoms with van der Waals surface area (Å²) in [5, 5.41) is 9.08. The number of rotatable bonds is 7. The quantitative estimate of drug-likeness (QED) is 0.202. The molecular weight excluding hydrogens is 504 g/mol. The summed E-state index contributed by atoms with van der Waals surface area (Å²) in [6.07, 6.45) is 12.3. The SMILES string of the molecule is C=C.C=Cc1oc2ccc(-c3ccc(NC4=CC=C(c5ccc6oc(C)c(/C=C\C)c6c5)CC4)cc3)cc2c1NC. The van der Waals surface area contributed by atoms with Gasteiger partial charge in [0.2, 0.25) is 0 Å². The van der Waals surface area contributed by atoms with Gasteiger partial charge in [0.05, 0.1) is 5.69 Å². The number of anilines is 2. The minimum atomic E-state index is 0.762. The van der Waals surface area contributed by atoms with Gasteiger partial charge in [0.25, 0.3) is 0 Å². The number of hydrogen-bond donors (Lipinski definition) is 2. The van der Waals surface area contributed by atoms with Gasteiger partial charge in [0, 0.05) is 34.8 Å². The highest BCUT2D eigenvalue weighted by Crippen LogP contribution is 2.36. The van der Waals surface area contributed by atoms with E-state index in [-0.39, 0.29) is 0 Å². The summed E-state index contributed by atoms with van der Waals surface area (Å²) in [5.74, 6) is 1.72. The van der Waals surface area contributed by atoms with Gasteiger partial charge in [-0.1, -0.05) is 49.1 Å². The summed E-state index contributed by atoms with van der Waals surface area (Å²) < 4.78 is 11.8. The van der Waals surface area contributed by atoms with Crippen molar-refractivity contribution in [1.29, 1.82) is 0 Å². The summed E-state index contributed by atoms with van der Waals surface area (Å²) in [6.45, 7) is 13.9. The highest BCUT2D eigenvalue weighted by atomic mass is 16.3. The van der Waals surface area contributed by atoms with Gasteiger partial charge in [-0.25, -0.2) is 0 Å². The molecule has 4 nitrogen and oxygen atoms in total. The van der Waals surface area contributed by atoms with Gasteiger partial charge in [0.1, 0.15) is 16.9 Å². The molecule has 0 atom stereocenters. The molecule has 41 heavy (non-hydrogen) atoms. The lowest BCUT2D eigenvalue weighted by Gasteiger charge is -2.17. The fourth-order valence-corrected chi connectivity index (χ4v) is 5.42. The first kappa shape index (κ1) is 27.6. The Morgan fingerprint density at radius 1 is 0.805 bits per heavy atom. The average molecular weight is 541 g/mol. The molecule has 1 aliphatic rings. The van der Waals surface area contributed by atoms with Gasteiger partial charge in [-0.05, 0) is 97.5 Å². The van der Waals surface area contributed by atoms with Gasteiger partial charge in [-0.3, -0.25) is 0 Å². The molecule has 0 spiro atoms. The minimum absolute atomic E-state index is 0.762. The molecule has 5 aromatic rings. The van der Waals surface area contributed by atoms with Crippen molar-refractivity contribution in [1.82, 2.24) is 0 Å². The van der Waals surface area contributed by atoms with Crippen molar-refractivity contribution in [3.63, 3.8) is 0 Å². The van der Waals surface area contributed by atoms with Crippen LogP contribution in [-0.4, -0.2) is 7.05 Å². The van der Waals surface area contributed by atoms with E-state index >= 15 is 0 Å². The smallest absolute Gasteiger partial charge is 0.150 e. The lowest BCUT2D eigenvalue weighted by Crippen LogP contribution is -2.03. The maximum Gasteiger partial charge on any atom is 0.150 e. The van der Waals surface area contributed by atoms with Gasteiger partial charge in [0.15, 0.2) is 5.76 Å². The number of furan rings is 2. The van der Waals surface area contributed by atoms with E-state index in [4.69, 9.17) is 8.83 Å². The van der Waals surface area contributed by atoms with Crippen molar-refractivity contribution in [2.24, 2.45) is 0 Å². The number of allylic oxidation sites excluding steroid dienone is 5. The van der Waals surface area contributed by atoms with E-state index in [0.29, 0.717) is 0 Å². The normalized spacial score (nSPS) is 13.0. The molecule has 0 saturated carbocycles. The van der Waals surface area contributed by atoms with Crippen LogP contribution in [0.15, 0.2) is 113 Å². The van der Waals surface area contributed by atoms with E-state index in [1.807, 2.05) is 27.0 Å². The van der Waals surface area contributed by atoms with E-state index < -0.39 is 0 Å². The minimum Gasteiger partial charge on any atom is -0.461 e. The van der Waals surface area contributed by atoms with Crippen molar-refractivity contribution in [2.75, 3.05) is 17.7 Å². The van der Waals surface area contributed by atoms with Crippen molar-refractivity contribution in [2.45, 2.75) is 26.7 Å². The van der Waals surface area contributed by atoms with E-state index in [2.05, 4.69) is 109 Å². The molecule has 4 heteroatoms. The molecule has 0 fully saturated rings. The monoisotopic (exact) mass is 540 g/mol. The lowest BCUT2D eigenvalue weighted by atomic mass is 9.94. The maximum absolute atomic E-state index is 5.95. The highest BCUT2D eigenvalue weighted by molar-refractivity contribution is 5.97. The Kier molecular flexibility index (Phi) is 8.11. The van der Waals surface area contributed by atoms with Gasteiger partial charge >= 0.3 is 0 Å². The van der Waals surface area contributed by atoms with Crippen LogP contribution in [0.4, 0.5) is 11.4 Å². The zero-order chi connectivity index (χ0) is 28.9. The van der Waals surface area contributed by atoms with E-state index in [1.165, 1.54) is 27.8 Å². The van der Waals surface area contributed by atoms with Crippen LogP contribution in [0.3, 0.4) is 0 Å². The van der Waals surface area contributed by atoms with E-state index in [9.17, 15) is 0 Å². The predicted molar refractivity (Wildman–Crippen MR) is 177 cm³/mol. The largest absolute Gasteiger partial charge is 0.461 e. The first-order valence-electron chi connectivity index (χ1n) is 13.9. The average Bonchev–Trinajstić information content (AvgIpc) is 3.54. The summed E-state index contributed by atoms with van der Waals surface area (Å²) in [7, 11) is 1.91. The second-order valence-electron chi connectivity index (χ2n) is 9.88. The van der Waals surface area contributed by atoms with Crippen molar-refractivity contribution >= 4 is 51.0 Å². The zero-order valence-electron chi connectivity index (χ0n) is 24.0. The second kappa shape index (κ2) is 12.1. The number of aryl methyl sites for hydroxylation is 1. The molecular formula is C37H36N2O2. The van der Waals surface area contributed by atoms with Crippen LogP contribution >= 0.6 is 0 Å². The zero-order valence-corrected chi connectivity index (χ0v) is 24.0. The molecule has 6 rings (SSSR count). The summed E-state index contributed by atoms with van der Waals surface area (Å²) in [4.78, 5) is 0. The summed E-state index contributed by atoms with van der Waals surface area (Å²) in [6, 6.07) is 21.4. The highest BCUT2D eigenvalue weighted by Gasteiger charge is 2.14. The molecule has 0 bridgehead atoms. The lowest BCUT2D eigenvalue weighted by molar-refractivity contribution is 0.577. The Labute approximate surface area is 242 Å². The third-order valence-corrected chi connectivity index (χ3v) is 7.44. The topological polar surface area (TPSA) is 50.3 Å².